The lowest BCUT2D eigenvalue weighted by Crippen LogP contribution is -1.89. The molecular weight excluding hydrogens is 310 g/mol. The fraction of sp³-hybridized carbons (Fsp3) is 0.167. The van der Waals surface area contributed by atoms with Crippen molar-refractivity contribution in [1.82, 2.24) is 4.98 Å². The lowest BCUT2D eigenvalue weighted by molar-refractivity contribution is 0.414. The van der Waals surface area contributed by atoms with Crippen molar-refractivity contribution < 1.29 is 4.74 Å². The van der Waals surface area contributed by atoms with E-state index in [1.165, 1.54) is 26.5 Å². The predicted octanol–water partition coefficient (Wildman–Crippen LogP) is 5.59. The molecule has 0 bridgehead atoms. The van der Waals surface area contributed by atoms with Crippen molar-refractivity contribution in [3.8, 4) is 17.0 Å². The largest absolute Gasteiger partial charge is 0.497 e. The van der Waals surface area contributed by atoms with Crippen LogP contribution in [0.1, 0.15) is 11.1 Å². The van der Waals surface area contributed by atoms with Crippen LogP contribution in [0.15, 0.2) is 57.1 Å². The van der Waals surface area contributed by atoms with Crippen molar-refractivity contribution in [2.24, 2.45) is 0 Å². The van der Waals surface area contributed by atoms with E-state index in [0.717, 1.165) is 11.4 Å². The molecule has 0 saturated carbocycles. The summed E-state index contributed by atoms with van der Waals surface area (Å²) < 4.78 is 5.21. The van der Waals surface area contributed by atoms with Gasteiger partial charge >= 0.3 is 0 Å². The highest BCUT2D eigenvalue weighted by atomic mass is 32.2. The van der Waals surface area contributed by atoms with Crippen LogP contribution in [0.3, 0.4) is 0 Å². The van der Waals surface area contributed by atoms with E-state index in [4.69, 9.17) is 4.74 Å². The normalized spacial score (nSPS) is 10.7. The van der Waals surface area contributed by atoms with Gasteiger partial charge in [0.1, 0.15) is 5.75 Å². The predicted molar refractivity (Wildman–Crippen MR) is 94.1 cm³/mol. The third kappa shape index (κ3) is 3.18. The molecule has 0 aliphatic carbocycles. The van der Waals surface area contributed by atoms with Crippen LogP contribution >= 0.6 is 23.1 Å². The summed E-state index contributed by atoms with van der Waals surface area (Å²) in [5.74, 6) is 0.886. The van der Waals surface area contributed by atoms with Gasteiger partial charge in [-0.15, -0.1) is 11.3 Å². The van der Waals surface area contributed by atoms with E-state index in [2.05, 4.69) is 48.5 Å². The number of methoxy groups -OCH3 is 1. The van der Waals surface area contributed by atoms with Crippen LogP contribution < -0.4 is 4.74 Å². The summed E-state index contributed by atoms with van der Waals surface area (Å²) in [6.07, 6.45) is 0. The number of nitrogens with zero attached hydrogens (tertiary/aromatic N) is 1. The van der Waals surface area contributed by atoms with Gasteiger partial charge in [0.05, 0.1) is 18.3 Å². The lowest BCUT2D eigenvalue weighted by Gasteiger charge is -2.12. The average molecular weight is 327 g/mol. The highest BCUT2D eigenvalue weighted by Crippen LogP contribution is 2.36. The van der Waals surface area contributed by atoms with Crippen LogP contribution in [0.4, 0.5) is 0 Å². The maximum atomic E-state index is 5.21. The second-order valence-electron chi connectivity index (χ2n) is 5.09. The third-order valence-electron chi connectivity index (χ3n) is 3.47. The SMILES string of the molecule is COc1ccc(Sc2c(C)cc(-c3cscn3)cc2C)cc1. The molecule has 0 radical (unpaired) electrons. The molecule has 0 N–H and O–H groups in total. The number of hydrogen-bond donors (Lipinski definition) is 0. The van der Waals surface area contributed by atoms with Gasteiger partial charge in [-0.1, -0.05) is 11.8 Å². The molecule has 0 unspecified atom stereocenters. The van der Waals surface area contributed by atoms with E-state index < -0.39 is 0 Å². The molecule has 22 heavy (non-hydrogen) atoms. The topological polar surface area (TPSA) is 22.1 Å². The van der Waals surface area contributed by atoms with Gasteiger partial charge in [0.25, 0.3) is 0 Å². The van der Waals surface area contributed by atoms with E-state index in [-0.39, 0.29) is 0 Å². The first-order chi connectivity index (χ1) is 10.7. The van der Waals surface area contributed by atoms with Gasteiger partial charge in [0.2, 0.25) is 0 Å². The number of benzene rings is 2. The van der Waals surface area contributed by atoms with E-state index in [9.17, 15) is 0 Å². The summed E-state index contributed by atoms with van der Waals surface area (Å²) in [6.45, 7) is 4.32. The fourth-order valence-electron chi connectivity index (χ4n) is 2.38. The monoisotopic (exact) mass is 327 g/mol. The Morgan fingerprint density at radius 3 is 2.27 bits per heavy atom. The zero-order valence-corrected chi connectivity index (χ0v) is 14.4. The fourth-order valence-corrected chi connectivity index (χ4v) is 3.88. The molecular formula is C18H17NOS2. The van der Waals surface area contributed by atoms with Gasteiger partial charge in [-0.05, 0) is 61.4 Å². The number of ether oxygens (including phenoxy) is 1. The summed E-state index contributed by atoms with van der Waals surface area (Å²) in [7, 11) is 1.69. The Labute approximate surface area is 139 Å². The molecule has 0 aliphatic rings. The van der Waals surface area contributed by atoms with Crippen molar-refractivity contribution in [1.29, 1.82) is 0 Å². The first-order valence-corrected chi connectivity index (χ1v) is 8.75. The second kappa shape index (κ2) is 6.55. The van der Waals surface area contributed by atoms with Gasteiger partial charge < -0.3 is 4.74 Å². The van der Waals surface area contributed by atoms with Gasteiger partial charge in [0, 0.05) is 20.7 Å². The van der Waals surface area contributed by atoms with Crippen molar-refractivity contribution in [2.45, 2.75) is 23.6 Å². The maximum Gasteiger partial charge on any atom is 0.118 e. The minimum Gasteiger partial charge on any atom is -0.497 e. The number of rotatable bonds is 4. The first kappa shape index (κ1) is 15.1. The van der Waals surface area contributed by atoms with Crippen LogP contribution in [0, 0.1) is 13.8 Å². The van der Waals surface area contributed by atoms with Crippen molar-refractivity contribution in [2.75, 3.05) is 7.11 Å². The van der Waals surface area contributed by atoms with Gasteiger partial charge in [-0.3, -0.25) is 0 Å². The van der Waals surface area contributed by atoms with Crippen molar-refractivity contribution in [3.63, 3.8) is 0 Å². The second-order valence-corrected chi connectivity index (χ2v) is 6.89. The Balaban J connectivity index is 1.90. The zero-order valence-electron chi connectivity index (χ0n) is 12.8. The summed E-state index contributed by atoms with van der Waals surface area (Å²) in [5, 5.41) is 2.09. The molecule has 2 aromatic carbocycles. The summed E-state index contributed by atoms with van der Waals surface area (Å²) >= 11 is 3.42. The van der Waals surface area contributed by atoms with E-state index in [1.807, 2.05) is 17.6 Å². The molecule has 0 saturated heterocycles. The summed E-state index contributed by atoms with van der Waals surface area (Å²) in [4.78, 5) is 6.92. The molecule has 0 spiro atoms. The Kier molecular flexibility index (Phi) is 4.50. The third-order valence-corrected chi connectivity index (χ3v) is 5.41. The first-order valence-electron chi connectivity index (χ1n) is 6.99. The summed E-state index contributed by atoms with van der Waals surface area (Å²) in [5.41, 5.74) is 6.68. The molecule has 0 atom stereocenters. The summed E-state index contributed by atoms with van der Waals surface area (Å²) in [6, 6.07) is 12.6. The van der Waals surface area contributed by atoms with Gasteiger partial charge in [-0.25, -0.2) is 4.98 Å². The Hall–Kier alpha value is -1.78. The zero-order chi connectivity index (χ0) is 15.5. The van der Waals surface area contributed by atoms with E-state index in [1.54, 1.807) is 30.2 Å². The molecule has 3 rings (SSSR count). The maximum absolute atomic E-state index is 5.21. The van der Waals surface area contributed by atoms with Gasteiger partial charge in [-0.2, -0.15) is 0 Å². The number of aromatic nitrogens is 1. The van der Waals surface area contributed by atoms with Crippen LogP contribution in [0.2, 0.25) is 0 Å². The molecule has 3 aromatic rings. The average Bonchev–Trinajstić information content (AvgIpc) is 3.06. The number of aryl methyl sites for hydroxylation is 2. The van der Waals surface area contributed by atoms with Crippen molar-refractivity contribution >= 4 is 23.1 Å². The minimum absolute atomic E-state index is 0.886. The van der Waals surface area contributed by atoms with Crippen molar-refractivity contribution in [3.05, 3.63) is 58.4 Å². The van der Waals surface area contributed by atoms with Crippen LogP contribution in [0.5, 0.6) is 5.75 Å². The lowest BCUT2D eigenvalue weighted by atomic mass is 10.1. The van der Waals surface area contributed by atoms with Crippen LogP contribution in [-0.4, -0.2) is 12.1 Å². The quantitative estimate of drug-likeness (QED) is 0.624. The van der Waals surface area contributed by atoms with E-state index in [0.29, 0.717) is 0 Å². The molecule has 1 heterocycles. The standard InChI is InChI=1S/C18H17NOS2/c1-12-8-14(17-10-21-11-19-17)9-13(2)18(12)22-16-6-4-15(20-3)5-7-16/h4-11H,1-3H3. The molecule has 2 nitrogen and oxygen atoms in total. The smallest absolute Gasteiger partial charge is 0.118 e. The van der Waals surface area contributed by atoms with Crippen LogP contribution in [-0.2, 0) is 0 Å². The minimum atomic E-state index is 0.886. The van der Waals surface area contributed by atoms with E-state index >= 15 is 0 Å². The van der Waals surface area contributed by atoms with Crippen LogP contribution in [0.25, 0.3) is 11.3 Å². The van der Waals surface area contributed by atoms with Gasteiger partial charge in [0.15, 0.2) is 0 Å². The number of hydrogen-bond acceptors (Lipinski definition) is 4. The highest BCUT2D eigenvalue weighted by molar-refractivity contribution is 7.99. The molecule has 4 heteroatoms. The Bertz CT molecular complexity index is 741. The molecule has 0 aliphatic heterocycles. The molecule has 0 fully saturated rings. The Morgan fingerprint density at radius 1 is 1.05 bits per heavy atom. The highest BCUT2D eigenvalue weighted by Gasteiger charge is 2.09. The molecule has 0 amide bonds. The Morgan fingerprint density at radius 2 is 1.73 bits per heavy atom. The molecule has 1 aromatic heterocycles. The number of thiazole rings is 1. The molecule has 112 valence electrons.